The van der Waals surface area contributed by atoms with E-state index in [0.29, 0.717) is 19.8 Å². The van der Waals surface area contributed by atoms with Gasteiger partial charge in [0.2, 0.25) is 17.7 Å². The molecular formula is C63H116N4O17. The highest BCUT2D eigenvalue weighted by Gasteiger charge is 2.45. The number of hydrogen-bond donors (Lipinski definition) is 8. The number of aliphatic hydroxyl groups excluding tert-OH is 4. The average Bonchev–Trinajstić information content (AvgIpc) is 3.43. The van der Waals surface area contributed by atoms with Gasteiger partial charge in [-0.3, -0.25) is 28.8 Å². The zero-order valence-corrected chi connectivity index (χ0v) is 52.3. The Hall–Kier alpha value is -3.54. The van der Waals surface area contributed by atoms with Gasteiger partial charge in [-0.2, -0.15) is 0 Å². The van der Waals surface area contributed by atoms with E-state index in [1.807, 2.05) is 0 Å². The Labute approximate surface area is 503 Å². The van der Waals surface area contributed by atoms with Crippen LogP contribution in [0.5, 0.6) is 0 Å². The predicted molar refractivity (Wildman–Crippen MR) is 321 cm³/mol. The molecule has 21 heteroatoms. The molecule has 0 bridgehead atoms. The zero-order chi connectivity index (χ0) is 61.6. The first-order valence-corrected chi connectivity index (χ1v) is 32.9. The Morgan fingerprint density at radius 3 is 1.57 bits per heavy atom. The molecule has 2 saturated heterocycles. The van der Waals surface area contributed by atoms with Crippen LogP contribution in [0.4, 0.5) is 0 Å². The number of likely N-dealkylation sites (tertiary alicyclic amines) is 1. The molecule has 0 aromatic carbocycles. The highest BCUT2D eigenvalue weighted by Crippen LogP contribution is 2.25. The fraction of sp³-hybridized carbons (Fsp3) is 0.905. The molecule has 21 nitrogen and oxygen atoms in total. The summed E-state index contributed by atoms with van der Waals surface area (Å²) in [5, 5.41) is 59.1. The predicted octanol–water partition coefficient (Wildman–Crippen LogP) is 7.86. The van der Waals surface area contributed by atoms with Crippen LogP contribution in [0.15, 0.2) is 0 Å². The van der Waals surface area contributed by atoms with Crippen molar-refractivity contribution in [3.63, 3.8) is 0 Å². The number of carboxylic acids is 1. The summed E-state index contributed by atoms with van der Waals surface area (Å²) in [4.78, 5) is 78.7. The lowest BCUT2D eigenvalue weighted by Crippen LogP contribution is -2.61. The van der Waals surface area contributed by atoms with Gasteiger partial charge in [0, 0.05) is 45.3 Å². The van der Waals surface area contributed by atoms with Crippen LogP contribution in [0, 0.1) is 0 Å². The number of amides is 3. The third kappa shape index (κ3) is 35.9. The van der Waals surface area contributed by atoms with Gasteiger partial charge in [-0.25, -0.2) is 0 Å². The number of unbranched alkanes of at least 4 members (excludes halogenated alkanes) is 26. The van der Waals surface area contributed by atoms with Crippen molar-refractivity contribution in [3.8, 4) is 0 Å². The van der Waals surface area contributed by atoms with E-state index in [-0.39, 0.29) is 84.0 Å². The summed E-state index contributed by atoms with van der Waals surface area (Å²) in [6.07, 6.45) is 24.9. The monoisotopic (exact) mass is 1200 g/mol. The number of nitrogens with zero attached hydrogens (tertiary/aromatic N) is 1. The van der Waals surface area contributed by atoms with Gasteiger partial charge in [0.05, 0.1) is 58.0 Å². The van der Waals surface area contributed by atoms with E-state index in [9.17, 15) is 49.2 Å². The maximum atomic E-state index is 13.7. The number of rotatable bonds is 54. The average molecular weight is 1200 g/mol. The number of hydrogen-bond acceptors (Lipinski definition) is 17. The van der Waals surface area contributed by atoms with Crippen molar-refractivity contribution in [2.75, 3.05) is 59.3 Å². The fourth-order valence-corrected chi connectivity index (χ4v) is 10.6. The van der Waals surface area contributed by atoms with Crippen molar-refractivity contribution in [1.82, 2.24) is 20.9 Å². The van der Waals surface area contributed by atoms with Crippen molar-refractivity contribution >= 4 is 35.6 Å². The van der Waals surface area contributed by atoms with Gasteiger partial charge in [0.25, 0.3) is 0 Å². The summed E-state index contributed by atoms with van der Waals surface area (Å²) in [5.41, 5.74) is 0. The van der Waals surface area contributed by atoms with E-state index in [2.05, 4.69) is 29.8 Å². The molecule has 2 rings (SSSR count). The van der Waals surface area contributed by atoms with Gasteiger partial charge in [-0.15, -0.1) is 0 Å². The van der Waals surface area contributed by atoms with Gasteiger partial charge < -0.3 is 74.8 Å². The zero-order valence-electron chi connectivity index (χ0n) is 52.3. The minimum atomic E-state index is -1.70. The maximum absolute atomic E-state index is 13.7. The number of aliphatic hydroxyl groups is 4. The van der Waals surface area contributed by atoms with E-state index >= 15 is 0 Å². The van der Waals surface area contributed by atoms with Crippen molar-refractivity contribution in [1.29, 1.82) is 0 Å². The molecule has 84 heavy (non-hydrogen) atoms. The third-order valence-electron chi connectivity index (χ3n) is 15.9. The minimum absolute atomic E-state index is 0.0225. The Kier molecular flexibility index (Phi) is 45.1. The van der Waals surface area contributed by atoms with Crippen molar-refractivity contribution < 1.29 is 82.7 Å². The largest absolute Gasteiger partial charge is 0.481 e. The molecule has 0 spiro atoms. The van der Waals surface area contributed by atoms with Crippen LogP contribution in [0.25, 0.3) is 0 Å². The first-order chi connectivity index (χ1) is 40.6. The summed E-state index contributed by atoms with van der Waals surface area (Å²) >= 11 is 0. The lowest BCUT2D eigenvalue weighted by Gasteiger charge is -2.40. The number of β-amino-alcohol motifs (C(OH)–C–C–N with tert-alkyl or cyclic N) is 1. The number of carbonyl (C=O) groups is 6. The molecule has 2 fully saturated rings. The van der Waals surface area contributed by atoms with Crippen LogP contribution < -0.4 is 16.0 Å². The molecule has 2 aliphatic heterocycles. The van der Waals surface area contributed by atoms with Crippen LogP contribution in [0.3, 0.4) is 0 Å². The van der Waals surface area contributed by atoms with Crippen LogP contribution in [-0.4, -0.2) is 186 Å². The van der Waals surface area contributed by atoms with Crippen molar-refractivity contribution in [3.05, 3.63) is 0 Å². The van der Waals surface area contributed by atoms with Crippen LogP contribution in [0.1, 0.15) is 246 Å². The molecule has 2 heterocycles. The molecule has 0 aliphatic carbocycles. The van der Waals surface area contributed by atoms with E-state index in [0.717, 1.165) is 43.4 Å². The molecule has 10 atom stereocenters. The molecule has 0 aromatic rings. The number of aliphatic carboxylic acids is 1. The first kappa shape index (κ1) is 76.6. The van der Waals surface area contributed by atoms with Gasteiger partial charge in [-0.05, 0) is 39.5 Å². The molecule has 3 amide bonds. The van der Waals surface area contributed by atoms with Gasteiger partial charge >= 0.3 is 17.9 Å². The molecule has 2 unspecified atom stereocenters. The van der Waals surface area contributed by atoms with Crippen LogP contribution >= 0.6 is 0 Å². The van der Waals surface area contributed by atoms with Crippen LogP contribution in [0.2, 0.25) is 0 Å². The molecule has 0 saturated carbocycles. The van der Waals surface area contributed by atoms with E-state index < -0.39 is 90.7 Å². The first-order valence-electron chi connectivity index (χ1n) is 32.9. The molecule has 8 N–H and O–H groups in total. The lowest BCUT2D eigenvalue weighted by atomic mass is 10.00. The standard InChI is InChI=1S/C63H116N4O17/c1-5-7-9-11-13-15-17-19-21-23-25-27-29-31-40-81-55(72)37-36-51(62(78)82-41-32-30-28-26-24-22-20-18-16-14-12-10-8-6-2)64-38-42-79-44-45-80-43-39-65-61(77)56(48(3)83-63-59(75)58(74)57(73)49(4)84-63)66-60(76)52-46-50(68)47-67(52)53(69)34-33-35-54(70)71/h48-52,56-59,63-64,68,73-75H,5-47H2,1-4H3,(H,65,77)(H,66,76)(H,70,71)/t48-,49+,50+,51+,52-,56+,57-,58?,59?,63-/m1/s1. The molecule has 0 aromatic heterocycles. The summed E-state index contributed by atoms with van der Waals surface area (Å²) in [6, 6.07) is -3.37. The highest BCUT2D eigenvalue weighted by atomic mass is 16.7. The number of ether oxygens (including phenoxy) is 6. The van der Waals surface area contributed by atoms with E-state index in [4.69, 9.17) is 33.5 Å². The summed E-state index contributed by atoms with van der Waals surface area (Å²) in [7, 11) is 0. The minimum Gasteiger partial charge on any atom is -0.481 e. The van der Waals surface area contributed by atoms with Gasteiger partial charge in [-0.1, -0.05) is 181 Å². The normalized spacial score (nSPS) is 20.8. The second kappa shape index (κ2) is 49.4. The summed E-state index contributed by atoms with van der Waals surface area (Å²) < 4.78 is 34.1. The summed E-state index contributed by atoms with van der Waals surface area (Å²) in [6.45, 7) is 8.76. The number of carbonyl (C=O) groups excluding carboxylic acids is 5. The SMILES string of the molecule is CCCCCCCCCCCCCCCCOC(=O)CC[C@H](NCCOCCOCCNC(=O)[C@@H](NC(=O)[C@H]1C[C@H](O)CN1C(=O)CCCC(=O)O)[C@@H](C)O[C@@H]1O[C@@H](C)[C@@H](O)C(O)C1O)C(=O)OCCCCCCCCCCCCCCCC. The molecule has 2 aliphatic rings. The Balaban J connectivity index is 1.82. The Bertz CT molecular complexity index is 1730. The fourth-order valence-electron chi connectivity index (χ4n) is 10.6. The number of esters is 2. The molecule has 490 valence electrons. The molecular weight excluding hydrogens is 1080 g/mol. The maximum Gasteiger partial charge on any atom is 0.323 e. The van der Waals surface area contributed by atoms with Gasteiger partial charge in [0.1, 0.15) is 36.4 Å². The van der Waals surface area contributed by atoms with Crippen molar-refractivity contribution in [2.45, 2.75) is 307 Å². The smallest absolute Gasteiger partial charge is 0.323 e. The Morgan fingerprint density at radius 2 is 1.06 bits per heavy atom. The van der Waals surface area contributed by atoms with Gasteiger partial charge in [0.15, 0.2) is 6.29 Å². The Morgan fingerprint density at radius 1 is 0.571 bits per heavy atom. The third-order valence-corrected chi connectivity index (χ3v) is 15.9. The topological polar surface area (TPSA) is 298 Å². The van der Waals surface area contributed by atoms with Crippen LogP contribution in [-0.2, 0) is 57.2 Å². The van der Waals surface area contributed by atoms with Crippen molar-refractivity contribution in [2.24, 2.45) is 0 Å². The second-order valence-electron chi connectivity index (χ2n) is 23.3. The molecule has 0 radical (unpaired) electrons. The van der Waals surface area contributed by atoms with E-state index in [1.165, 1.54) is 155 Å². The second-order valence-corrected chi connectivity index (χ2v) is 23.3. The lowest BCUT2D eigenvalue weighted by molar-refractivity contribution is -0.303. The van der Waals surface area contributed by atoms with E-state index in [1.54, 1.807) is 0 Å². The highest BCUT2D eigenvalue weighted by molar-refractivity contribution is 5.93. The number of carboxylic acid groups (broad SMARTS) is 1. The number of nitrogens with one attached hydrogen (secondary N) is 3. The quantitative estimate of drug-likeness (QED) is 0.0212. The summed E-state index contributed by atoms with van der Waals surface area (Å²) in [5.74, 6) is -3.89.